The number of nitrogens with zero attached hydrogens (tertiary/aromatic N) is 2. The first-order valence-corrected chi connectivity index (χ1v) is 11.8. The van der Waals surface area contributed by atoms with Crippen molar-refractivity contribution in [2.45, 2.75) is 102 Å². The van der Waals surface area contributed by atoms with Gasteiger partial charge in [0.2, 0.25) is 0 Å². The molecule has 158 valence electrons. The van der Waals surface area contributed by atoms with Gasteiger partial charge in [-0.3, -0.25) is 15.1 Å². The van der Waals surface area contributed by atoms with E-state index in [1.165, 1.54) is 57.8 Å². The highest BCUT2D eigenvalue weighted by Crippen LogP contribution is 2.42. The lowest BCUT2D eigenvalue weighted by atomic mass is 9.89. The second-order valence-electron chi connectivity index (χ2n) is 9.23. The molecule has 1 N–H and O–H groups in total. The zero-order chi connectivity index (χ0) is 20.4. The van der Waals surface area contributed by atoms with E-state index in [0.29, 0.717) is 12.1 Å². The van der Waals surface area contributed by atoms with E-state index in [0.717, 1.165) is 30.1 Å². The highest BCUT2D eigenvalue weighted by molar-refractivity contribution is 6.83. The molecule has 0 radical (unpaired) electrons. The minimum Gasteiger partial charge on any atom is -0.303 e. The third-order valence-electron chi connectivity index (χ3n) is 7.41. The highest BCUT2D eigenvalue weighted by atomic mass is 35.5. The average molecular weight is 416 g/mol. The van der Waals surface area contributed by atoms with Gasteiger partial charge >= 0.3 is 0 Å². The number of para-hydroxylation sites is 1. The van der Waals surface area contributed by atoms with E-state index in [2.05, 4.69) is 4.90 Å². The Hall–Kier alpha value is -1.39. The van der Waals surface area contributed by atoms with Gasteiger partial charge in [0.15, 0.2) is 5.17 Å². The molecule has 1 amide bonds. The van der Waals surface area contributed by atoms with Crippen LogP contribution in [-0.2, 0) is 4.79 Å². The van der Waals surface area contributed by atoms with Gasteiger partial charge in [-0.2, -0.15) is 0 Å². The number of amides is 1. The fourth-order valence-electron chi connectivity index (χ4n) is 6.14. The molecule has 1 saturated carbocycles. The minimum atomic E-state index is -0.386. The number of anilines is 1. The van der Waals surface area contributed by atoms with Crippen LogP contribution in [0.3, 0.4) is 0 Å². The van der Waals surface area contributed by atoms with E-state index in [9.17, 15) is 4.79 Å². The van der Waals surface area contributed by atoms with Crippen molar-refractivity contribution >= 4 is 28.4 Å². The van der Waals surface area contributed by atoms with Crippen LogP contribution < -0.4 is 4.90 Å². The summed E-state index contributed by atoms with van der Waals surface area (Å²) in [6.07, 6.45) is 14.0. The monoisotopic (exact) mass is 415 g/mol. The molecule has 2 aliphatic heterocycles. The smallest absolute Gasteiger partial charge is 0.288 e. The summed E-state index contributed by atoms with van der Waals surface area (Å²) < 4.78 is 0. The number of nitrogens with one attached hydrogen (secondary N) is 1. The van der Waals surface area contributed by atoms with Crippen LogP contribution in [0.4, 0.5) is 5.69 Å². The molecule has 2 saturated heterocycles. The summed E-state index contributed by atoms with van der Waals surface area (Å²) in [4.78, 5) is 17.6. The van der Waals surface area contributed by atoms with Gasteiger partial charge in [-0.1, -0.05) is 61.9 Å². The Balaban J connectivity index is 1.56. The number of fused-ring (bicyclic) bond motifs is 2. The predicted octanol–water partition coefficient (Wildman–Crippen LogP) is 5.65. The third kappa shape index (κ3) is 4.39. The molecule has 5 heteroatoms. The number of hydrogen-bond acceptors (Lipinski definition) is 3. The van der Waals surface area contributed by atoms with Gasteiger partial charge in [-0.05, 0) is 57.1 Å². The van der Waals surface area contributed by atoms with Crippen molar-refractivity contribution < 1.29 is 4.79 Å². The third-order valence-corrected chi connectivity index (χ3v) is 7.57. The Bertz CT molecular complexity index is 729. The molecule has 4 rings (SSSR count). The fraction of sp³-hybridized carbons (Fsp3) is 0.667. The molecule has 3 atom stereocenters. The molecule has 2 heterocycles. The van der Waals surface area contributed by atoms with Crippen LogP contribution in [0, 0.1) is 12.3 Å². The van der Waals surface area contributed by atoms with E-state index >= 15 is 0 Å². The van der Waals surface area contributed by atoms with E-state index in [1.807, 2.05) is 36.1 Å². The second kappa shape index (κ2) is 9.18. The van der Waals surface area contributed by atoms with Crippen molar-refractivity contribution in [1.29, 1.82) is 5.41 Å². The average Bonchev–Trinajstić information content (AvgIpc) is 2.93. The minimum absolute atomic E-state index is 0.130. The molecular weight excluding hydrogens is 382 g/mol. The van der Waals surface area contributed by atoms with Gasteiger partial charge in [-0.25, -0.2) is 0 Å². The van der Waals surface area contributed by atoms with E-state index in [-0.39, 0.29) is 17.1 Å². The van der Waals surface area contributed by atoms with E-state index < -0.39 is 0 Å². The molecule has 2 bridgehead atoms. The SMILES string of the molecule is Cc1ccccc1N(C(=O)C(=N)Cl)[C@H]1C[C@H]2CC[C@@H](C1)N2C1CCCCCCC1. The molecule has 1 aromatic carbocycles. The van der Waals surface area contributed by atoms with Gasteiger partial charge < -0.3 is 4.90 Å². The van der Waals surface area contributed by atoms with Crippen LogP contribution in [0.2, 0.25) is 0 Å². The van der Waals surface area contributed by atoms with Gasteiger partial charge in [0, 0.05) is 29.9 Å². The summed E-state index contributed by atoms with van der Waals surface area (Å²) in [7, 11) is 0. The zero-order valence-corrected chi connectivity index (χ0v) is 18.3. The summed E-state index contributed by atoms with van der Waals surface area (Å²) in [6, 6.07) is 9.97. The van der Waals surface area contributed by atoms with Crippen molar-refractivity contribution in [3.63, 3.8) is 0 Å². The number of carbonyl (C=O) groups excluding carboxylic acids is 1. The van der Waals surface area contributed by atoms with Gasteiger partial charge in [0.25, 0.3) is 5.91 Å². The number of rotatable bonds is 4. The maximum absolute atomic E-state index is 13.0. The molecule has 29 heavy (non-hydrogen) atoms. The molecule has 1 aliphatic carbocycles. The number of carbonyl (C=O) groups is 1. The maximum atomic E-state index is 13.0. The standard InChI is InChI=1S/C24H34ClN3O/c1-17-9-7-8-12-22(17)28(24(29)23(25)26)21-15-19-13-14-20(16-21)27(19)18-10-5-3-2-4-6-11-18/h7-9,12,18-21,26H,2-6,10-11,13-16H2,1H3/t19-,20+,21+. The topological polar surface area (TPSA) is 47.4 Å². The molecule has 1 aromatic rings. The first kappa shape index (κ1) is 20.9. The normalized spacial score (nSPS) is 28.6. The first-order valence-electron chi connectivity index (χ1n) is 11.5. The summed E-state index contributed by atoms with van der Waals surface area (Å²) >= 11 is 5.90. The Kier molecular flexibility index (Phi) is 6.60. The zero-order valence-electron chi connectivity index (χ0n) is 17.6. The molecule has 4 nitrogen and oxygen atoms in total. The van der Waals surface area contributed by atoms with Crippen LogP contribution in [0.25, 0.3) is 0 Å². The first-order chi connectivity index (χ1) is 14.1. The van der Waals surface area contributed by atoms with Crippen molar-refractivity contribution in [3.05, 3.63) is 29.8 Å². The maximum Gasteiger partial charge on any atom is 0.288 e. The number of hydrogen-bond donors (Lipinski definition) is 1. The number of piperidine rings is 1. The molecule has 3 fully saturated rings. The number of benzene rings is 1. The van der Waals surface area contributed by atoms with Crippen LogP contribution >= 0.6 is 11.6 Å². The predicted molar refractivity (Wildman–Crippen MR) is 120 cm³/mol. The van der Waals surface area contributed by atoms with Crippen LogP contribution in [0.5, 0.6) is 0 Å². The summed E-state index contributed by atoms with van der Waals surface area (Å²) in [6.45, 7) is 2.03. The summed E-state index contributed by atoms with van der Waals surface area (Å²) in [5.41, 5.74) is 1.97. The Morgan fingerprint density at radius 2 is 1.55 bits per heavy atom. The van der Waals surface area contributed by atoms with Crippen LogP contribution in [-0.4, -0.2) is 40.1 Å². The van der Waals surface area contributed by atoms with Crippen molar-refractivity contribution in [3.8, 4) is 0 Å². The van der Waals surface area contributed by atoms with E-state index in [4.69, 9.17) is 17.0 Å². The molecular formula is C24H34ClN3O. The van der Waals surface area contributed by atoms with Crippen molar-refractivity contribution in [2.24, 2.45) is 0 Å². The molecule has 0 spiro atoms. The van der Waals surface area contributed by atoms with Gasteiger partial charge in [0.1, 0.15) is 0 Å². The molecule has 3 aliphatic rings. The van der Waals surface area contributed by atoms with Crippen molar-refractivity contribution in [2.75, 3.05) is 4.90 Å². The van der Waals surface area contributed by atoms with E-state index in [1.54, 1.807) is 0 Å². The second-order valence-corrected chi connectivity index (χ2v) is 9.61. The number of aryl methyl sites for hydroxylation is 1. The lowest BCUT2D eigenvalue weighted by Crippen LogP contribution is -2.56. The Morgan fingerprint density at radius 3 is 2.14 bits per heavy atom. The van der Waals surface area contributed by atoms with Crippen molar-refractivity contribution in [1.82, 2.24) is 4.90 Å². The number of halogens is 1. The lowest BCUT2D eigenvalue weighted by Gasteiger charge is -2.47. The quantitative estimate of drug-likeness (QED) is 0.645. The van der Waals surface area contributed by atoms with Crippen LogP contribution in [0.1, 0.15) is 76.2 Å². The highest BCUT2D eigenvalue weighted by Gasteiger charge is 2.46. The van der Waals surface area contributed by atoms with Crippen LogP contribution in [0.15, 0.2) is 24.3 Å². The fourth-order valence-corrected chi connectivity index (χ4v) is 6.23. The summed E-state index contributed by atoms with van der Waals surface area (Å²) in [5, 5.41) is 7.41. The lowest BCUT2D eigenvalue weighted by molar-refractivity contribution is -0.113. The Morgan fingerprint density at radius 1 is 0.966 bits per heavy atom. The molecule has 0 aromatic heterocycles. The van der Waals surface area contributed by atoms with Gasteiger partial charge in [-0.15, -0.1) is 0 Å². The largest absolute Gasteiger partial charge is 0.303 e. The Labute approximate surface area is 180 Å². The van der Waals surface area contributed by atoms with Gasteiger partial charge in [0.05, 0.1) is 0 Å². The molecule has 0 unspecified atom stereocenters. The summed E-state index contributed by atoms with van der Waals surface area (Å²) in [5.74, 6) is -0.357.